The van der Waals surface area contributed by atoms with Crippen molar-refractivity contribution in [3.8, 4) is 0 Å². The Morgan fingerprint density at radius 2 is 1.89 bits per heavy atom. The van der Waals surface area contributed by atoms with E-state index >= 15 is 0 Å². The number of anilines is 3. The summed E-state index contributed by atoms with van der Waals surface area (Å²) < 4.78 is 0. The largest absolute Gasteiger partial charge is 0.373 e. The Bertz CT molecular complexity index is 567. The van der Waals surface area contributed by atoms with Gasteiger partial charge in [-0.05, 0) is 30.9 Å². The van der Waals surface area contributed by atoms with Crippen molar-refractivity contribution in [3.63, 3.8) is 0 Å². The summed E-state index contributed by atoms with van der Waals surface area (Å²) in [4.78, 5) is 8.73. The first kappa shape index (κ1) is 14.0. The number of nitrogens with one attached hydrogen (secondary N) is 2. The minimum atomic E-state index is 0.668. The average molecular weight is 295 g/mol. The van der Waals surface area contributed by atoms with Crippen molar-refractivity contribution in [1.29, 1.82) is 0 Å². The zero-order chi connectivity index (χ0) is 13.8. The highest BCUT2D eigenvalue weighted by molar-refractivity contribution is 7.98. The van der Waals surface area contributed by atoms with Gasteiger partial charge in [0.2, 0.25) is 0 Å². The number of halogens is 1. The number of aromatic nitrogens is 2. The summed E-state index contributed by atoms with van der Waals surface area (Å²) in [5.74, 6) is 1.49. The molecule has 0 unspecified atom stereocenters. The Balaban J connectivity index is 2.34. The second kappa shape index (κ2) is 6.12. The Labute approximate surface area is 122 Å². The van der Waals surface area contributed by atoms with Gasteiger partial charge < -0.3 is 10.6 Å². The van der Waals surface area contributed by atoms with E-state index in [1.54, 1.807) is 0 Å². The standard InChI is InChI=1S/C13H15ClN4S/c1-8-4-5-9(14)10(6-8)16-12-7-11(15-2)17-13(18-12)19-3/h4-7H,1-3H3,(H2,15,16,17,18). The lowest BCUT2D eigenvalue weighted by molar-refractivity contribution is 0.977. The van der Waals surface area contributed by atoms with Crippen LogP contribution in [0, 0.1) is 6.92 Å². The van der Waals surface area contributed by atoms with Crippen LogP contribution >= 0.6 is 23.4 Å². The first-order valence-corrected chi connectivity index (χ1v) is 7.36. The van der Waals surface area contributed by atoms with Gasteiger partial charge in [0, 0.05) is 13.1 Å². The molecular formula is C13H15ClN4S. The fraction of sp³-hybridized carbons (Fsp3) is 0.231. The molecule has 0 aliphatic carbocycles. The van der Waals surface area contributed by atoms with Crippen LogP contribution in [-0.4, -0.2) is 23.3 Å². The van der Waals surface area contributed by atoms with Crippen molar-refractivity contribution >= 4 is 40.7 Å². The molecule has 2 aromatic rings. The van der Waals surface area contributed by atoms with Crippen molar-refractivity contribution in [2.75, 3.05) is 23.9 Å². The second-order valence-electron chi connectivity index (χ2n) is 3.98. The number of rotatable bonds is 4. The van der Waals surface area contributed by atoms with E-state index in [0.717, 1.165) is 22.9 Å². The number of benzene rings is 1. The van der Waals surface area contributed by atoms with Crippen molar-refractivity contribution in [3.05, 3.63) is 34.9 Å². The summed E-state index contributed by atoms with van der Waals surface area (Å²) in [6, 6.07) is 7.68. The molecule has 0 fully saturated rings. The quantitative estimate of drug-likeness (QED) is 0.660. The first-order valence-electron chi connectivity index (χ1n) is 5.76. The Hall–Kier alpha value is -1.46. The van der Waals surface area contributed by atoms with Gasteiger partial charge in [0.05, 0.1) is 10.7 Å². The Morgan fingerprint density at radius 1 is 1.16 bits per heavy atom. The number of thioether (sulfide) groups is 1. The van der Waals surface area contributed by atoms with E-state index < -0.39 is 0 Å². The monoisotopic (exact) mass is 294 g/mol. The summed E-state index contributed by atoms with van der Waals surface area (Å²) in [6.45, 7) is 2.02. The van der Waals surface area contributed by atoms with Crippen LogP contribution in [0.25, 0.3) is 0 Å². The lowest BCUT2D eigenvalue weighted by Gasteiger charge is -2.10. The van der Waals surface area contributed by atoms with Crippen LogP contribution in [0.5, 0.6) is 0 Å². The van der Waals surface area contributed by atoms with Gasteiger partial charge in [0.15, 0.2) is 5.16 Å². The lowest BCUT2D eigenvalue weighted by Crippen LogP contribution is -2.01. The average Bonchev–Trinajstić information content (AvgIpc) is 2.42. The zero-order valence-corrected chi connectivity index (χ0v) is 12.6. The maximum absolute atomic E-state index is 6.17. The highest BCUT2D eigenvalue weighted by atomic mass is 35.5. The number of hydrogen-bond acceptors (Lipinski definition) is 5. The molecule has 0 spiro atoms. The molecule has 0 saturated carbocycles. The highest BCUT2D eigenvalue weighted by Crippen LogP contribution is 2.27. The van der Waals surface area contributed by atoms with Gasteiger partial charge >= 0.3 is 0 Å². The molecular weight excluding hydrogens is 280 g/mol. The van der Waals surface area contributed by atoms with E-state index in [1.165, 1.54) is 11.8 Å². The van der Waals surface area contributed by atoms with Crippen LogP contribution in [0.2, 0.25) is 5.02 Å². The molecule has 0 aliphatic rings. The molecule has 1 aromatic heterocycles. The van der Waals surface area contributed by atoms with Crippen LogP contribution in [0.4, 0.5) is 17.3 Å². The third-order valence-corrected chi connectivity index (χ3v) is 3.41. The van der Waals surface area contributed by atoms with Crippen LogP contribution in [0.15, 0.2) is 29.4 Å². The normalized spacial score (nSPS) is 10.3. The number of nitrogens with zero attached hydrogens (tertiary/aromatic N) is 2. The summed E-state index contributed by atoms with van der Waals surface area (Å²) in [5, 5.41) is 7.62. The van der Waals surface area contributed by atoms with Gasteiger partial charge in [-0.15, -0.1) is 0 Å². The maximum Gasteiger partial charge on any atom is 0.191 e. The van der Waals surface area contributed by atoms with Crippen molar-refractivity contribution < 1.29 is 0 Å². The number of aryl methyl sites for hydroxylation is 1. The first-order chi connectivity index (χ1) is 9.12. The molecule has 0 saturated heterocycles. The molecule has 0 aliphatic heterocycles. The summed E-state index contributed by atoms with van der Waals surface area (Å²) in [6.07, 6.45) is 1.94. The molecule has 1 aromatic carbocycles. The SMILES string of the molecule is CNc1cc(Nc2cc(C)ccc2Cl)nc(SC)n1. The summed E-state index contributed by atoms with van der Waals surface area (Å²) >= 11 is 7.66. The van der Waals surface area contributed by atoms with Crippen molar-refractivity contribution in [2.45, 2.75) is 12.1 Å². The van der Waals surface area contributed by atoms with Gasteiger partial charge in [-0.1, -0.05) is 29.4 Å². The molecule has 2 rings (SSSR count). The highest BCUT2D eigenvalue weighted by Gasteiger charge is 2.06. The Morgan fingerprint density at radius 3 is 2.58 bits per heavy atom. The minimum Gasteiger partial charge on any atom is -0.373 e. The van der Waals surface area contributed by atoms with E-state index in [9.17, 15) is 0 Å². The van der Waals surface area contributed by atoms with Crippen LogP contribution < -0.4 is 10.6 Å². The topological polar surface area (TPSA) is 49.8 Å². The molecule has 6 heteroatoms. The Kier molecular flexibility index (Phi) is 4.50. The van der Waals surface area contributed by atoms with Gasteiger partial charge in [-0.3, -0.25) is 0 Å². The molecule has 0 atom stereocenters. The second-order valence-corrected chi connectivity index (χ2v) is 5.16. The minimum absolute atomic E-state index is 0.668. The van der Waals surface area contributed by atoms with E-state index in [-0.39, 0.29) is 0 Å². The smallest absolute Gasteiger partial charge is 0.191 e. The van der Waals surface area contributed by atoms with Crippen molar-refractivity contribution in [2.24, 2.45) is 0 Å². The molecule has 1 heterocycles. The van der Waals surface area contributed by atoms with Gasteiger partial charge in [0.25, 0.3) is 0 Å². The van der Waals surface area contributed by atoms with E-state index in [0.29, 0.717) is 10.2 Å². The third-order valence-electron chi connectivity index (χ3n) is 2.53. The molecule has 19 heavy (non-hydrogen) atoms. The number of hydrogen-bond donors (Lipinski definition) is 2. The van der Waals surface area contributed by atoms with Crippen LogP contribution in [-0.2, 0) is 0 Å². The molecule has 2 N–H and O–H groups in total. The summed E-state index contributed by atoms with van der Waals surface area (Å²) in [5.41, 5.74) is 1.98. The zero-order valence-electron chi connectivity index (χ0n) is 11.0. The molecule has 4 nitrogen and oxygen atoms in total. The van der Waals surface area contributed by atoms with E-state index in [2.05, 4.69) is 20.6 Å². The van der Waals surface area contributed by atoms with Crippen molar-refractivity contribution in [1.82, 2.24) is 9.97 Å². The lowest BCUT2D eigenvalue weighted by atomic mass is 10.2. The van der Waals surface area contributed by atoms with Gasteiger partial charge in [-0.2, -0.15) is 0 Å². The fourth-order valence-corrected chi connectivity index (χ4v) is 2.13. The fourth-order valence-electron chi connectivity index (χ4n) is 1.58. The third kappa shape index (κ3) is 3.52. The molecule has 100 valence electrons. The van der Waals surface area contributed by atoms with Gasteiger partial charge in [0.1, 0.15) is 11.6 Å². The van der Waals surface area contributed by atoms with Crippen LogP contribution in [0.1, 0.15) is 5.56 Å². The van der Waals surface area contributed by atoms with Crippen LogP contribution in [0.3, 0.4) is 0 Å². The maximum atomic E-state index is 6.17. The van der Waals surface area contributed by atoms with E-state index in [1.807, 2.05) is 44.5 Å². The molecule has 0 amide bonds. The predicted octanol–water partition coefficient (Wildman–Crippen LogP) is 3.95. The molecule has 0 bridgehead atoms. The summed E-state index contributed by atoms with van der Waals surface area (Å²) in [7, 11) is 1.83. The molecule has 0 radical (unpaired) electrons. The predicted molar refractivity (Wildman–Crippen MR) is 82.8 cm³/mol. The van der Waals surface area contributed by atoms with E-state index in [4.69, 9.17) is 11.6 Å². The van der Waals surface area contributed by atoms with Gasteiger partial charge in [-0.25, -0.2) is 9.97 Å².